The predicted octanol–water partition coefficient (Wildman–Crippen LogP) is 6.33. The largest absolute Gasteiger partial charge is 0.256 e. The van der Waals surface area contributed by atoms with Crippen LogP contribution in [0.2, 0.25) is 0 Å². The molecule has 0 saturated carbocycles. The topological polar surface area (TPSA) is 112 Å². The van der Waals surface area contributed by atoms with Crippen molar-refractivity contribution in [3.05, 3.63) is 122 Å². The van der Waals surface area contributed by atoms with Crippen LogP contribution in [0.5, 0.6) is 0 Å². The number of hydrogen-bond acceptors (Lipinski definition) is 8. The van der Waals surface area contributed by atoms with Crippen molar-refractivity contribution in [1.82, 2.24) is 49.1 Å². The maximum atomic E-state index is 5.13. The molecule has 206 valence electrons. The third kappa shape index (κ3) is 3.68. The molecule has 0 bridgehead atoms. The number of aromatic nitrogens is 10. The summed E-state index contributed by atoms with van der Waals surface area (Å²) in [4.78, 5) is 19.4. The van der Waals surface area contributed by atoms with Crippen molar-refractivity contribution in [2.75, 3.05) is 0 Å². The number of fused-ring (bicyclic) bond motifs is 6. The van der Waals surface area contributed by atoms with E-state index in [1.807, 2.05) is 112 Å². The molecule has 0 unspecified atom stereocenters. The van der Waals surface area contributed by atoms with Crippen molar-refractivity contribution in [1.29, 1.82) is 0 Å². The Morgan fingerprint density at radius 2 is 0.886 bits per heavy atom. The second-order valence-corrected chi connectivity index (χ2v) is 10.3. The number of para-hydroxylation sites is 2. The highest BCUT2D eigenvalue weighted by Crippen LogP contribution is 2.33. The van der Waals surface area contributed by atoms with Crippen LogP contribution in [-0.2, 0) is 0 Å². The van der Waals surface area contributed by atoms with Gasteiger partial charge >= 0.3 is 0 Å². The van der Waals surface area contributed by atoms with Crippen molar-refractivity contribution in [2.45, 2.75) is 0 Å². The molecule has 0 saturated heterocycles. The first-order valence-corrected chi connectivity index (χ1v) is 14.0. The van der Waals surface area contributed by atoms with E-state index in [0.717, 1.165) is 32.9 Å². The molecule has 3 aromatic carbocycles. The molecule has 0 radical (unpaired) electrons. The lowest BCUT2D eigenvalue weighted by Crippen LogP contribution is -2.02. The van der Waals surface area contributed by atoms with Gasteiger partial charge in [-0.05, 0) is 54.6 Å². The zero-order valence-electron chi connectivity index (χ0n) is 23.0. The minimum atomic E-state index is 0.613. The number of hydrogen-bond donors (Lipinski definition) is 0. The molecular weight excluding hydrogens is 548 g/mol. The molecule has 10 heteroatoms. The van der Waals surface area contributed by atoms with Gasteiger partial charge < -0.3 is 0 Å². The van der Waals surface area contributed by atoms with E-state index >= 15 is 0 Å². The van der Waals surface area contributed by atoms with Gasteiger partial charge in [0.15, 0.2) is 22.9 Å². The zero-order chi connectivity index (χ0) is 29.0. The molecule has 0 spiro atoms. The Morgan fingerprint density at radius 1 is 0.409 bits per heavy atom. The fourth-order valence-electron chi connectivity index (χ4n) is 5.67. The molecule has 6 heterocycles. The standard InChI is InChI=1S/C34H20N10/c1-3-14-25-23(12-1)31-39-41-33(27-16-5-7-18-35-27)43(31)29(37-25)21-10-9-11-22(20-21)30-38-26-15-4-2-13-24(26)32-40-42-34(44(30)32)28-17-6-8-19-36-28/h1-20H. The van der Waals surface area contributed by atoms with E-state index in [1.54, 1.807) is 12.4 Å². The van der Waals surface area contributed by atoms with Gasteiger partial charge in [-0.2, -0.15) is 0 Å². The maximum Gasteiger partial charge on any atom is 0.188 e. The van der Waals surface area contributed by atoms with Crippen molar-refractivity contribution >= 4 is 33.1 Å². The van der Waals surface area contributed by atoms with Crippen LogP contribution in [0.15, 0.2) is 122 Å². The molecule has 6 aromatic heterocycles. The van der Waals surface area contributed by atoms with Gasteiger partial charge in [0.05, 0.1) is 11.0 Å². The smallest absolute Gasteiger partial charge is 0.188 e. The van der Waals surface area contributed by atoms with Gasteiger partial charge in [0, 0.05) is 34.3 Å². The minimum Gasteiger partial charge on any atom is -0.256 e. The number of pyridine rings is 2. The molecule has 10 nitrogen and oxygen atoms in total. The second kappa shape index (κ2) is 9.57. The molecule has 9 rings (SSSR count). The van der Waals surface area contributed by atoms with E-state index in [2.05, 4.69) is 36.4 Å². The Morgan fingerprint density at radius 3 is 1.36 bits per heavy atom. The highest BCUT2D eigenvalue weighted by molar-refractivity contribution is 5.95. The quantitative estimate of drug-likeness (QED) is 0.242. The Hall–Kier alpha value is -6.42. The average molecular weight is 569 g/mol. The lowest BCUT2D eigenvalue weighted by molar-refractivity contribution is 1.07. The summed E-state index contributed by atoms with van der Waals surface area (Å²) >= 11 is 0. The third-order valence-electron chi connectivity index (χ3n) is 7.66. The van der Waals surface area contributed by atoms with E-state index in [0.29, 0.717) is 46.0 Å². The minimum absolute atomic E-state index is 0.613. The summed E-state index contributed by atoms with van der Waals surface area (Å²) in [5, 5.41) is 20.1. The van der Waals surface area contributed by atoms with Crippen molar-refractivity contribution in [3.8, 4) is 45.8 Å². The first kappa shape index (κ1) is 24.2. The van der Waals surface area contributed by atoms with Gasteiger partial charge in [-0.1, -0.05) is 54.6 Å². The third-order valence-corrected chi connectivity index (χ3v) is 7.66. The molecule has 44 heavy (non-hydrogen) atoms. The van der Waals surface area contributed by atoms with E-state index < -0.39 is 0 Å². The maximum absolute atomic E-state index is 5.13. The fraction of sp³-hybridized carbons (Fsp3) is 0. The molecule has 0 aliphatic heterocycles. The Bertz CT molecular complexity index is 2330. The van der Waals surface area contributed by atoms with Gasteiger partial charge in [0.25, 0.3) is 0 Å². The molecule has 0 aliphatic carbocycles. The Kier molecular flexibility index (Phi) is 5.26. The van der Waals surface area contributed by atoms with Gasteiger partial charge in [0.1, 0.15) is 23.0 Å². The van der Waals surface area contributed by atoms with Gasteiger partial charge in [-0.25, -0.2) is 9.97 Å². The summed E-state index contributed by atoms with van der Waals surface area (Å²) in [7, 11) is 0. The van der Waals surface area contributed by atoms with Crippen molar-refractivity contribution < 1.29 is 0 Å². The highest BCUT2D eigenvalue weighted by Gasteiger charge is 2.21. The summed E-state index contributed by atoms with van der Waals surface area (Å²) in [6, 6.07) is 35.5. The molecule has 9 aromatic rings. The van der Waals surface area contributed by atoms with Gasteiger partial charge in [-0.15, -0.1) is 20.4 Å². The molecule has 0 fully saturated rings. The van der Waals surface area contributed by atoms with Gasteiger partial charge in [0.2, 0.25) is 0 Å². The summed E-state index contributed by atoms with van der Waals surface area (Å²) in [6.07, 6.45) is 3.50. The van der Waals surface area contributed by atoms with E-state index in [1.165, 1.54) is 0 Å². The molecule has 0 N–H and O–H groups in total. The first-order valence-electron chi connectivity index (χ1n) is 14.0. The zero-order valence-corrected chi connectivity index (χ0v) is 23.0. The lowest BCUT2D eigenvalue weighted by atomic mass is 10.1. The van der Waals surface area contributed by atoms with Crippen molar-refractivity contribution in [3.63, 3.8) is 0 Å². The van der Waals surface area contributed by atoms with Crippen LogP contribution >= 0.6 is 0 Å². The van der Waals surface area contributed by atoms with Gasteiger partial charge in [-0.3, -0.25) is 18.8 Å². The average Bonchev–Trinajstić information content (AvgIpc) is 3.75. The Balaban J connectivity index is 1.33. The second-order valence-electron chi connectivity index (χ2n) is 10.3. The van der Waals surface area contributed by atoms with E-state index in [9.17, 15) is 0 Å². The summed E-state index contributed by atoms with van der Waals surface area (Å²) in [6.45, 7) is 0. The van der Waals surface area contributed by atoms with E-state index in [-0.39, 0.29) is 0 Å². The SMILES string of the molecule is c1ccc(-c2nnc3c4ccccc4nc(-c4cccc(-c5nc6ccccc6c6nnc(-c7ccccn7)n56)c4)n23)nc1. The summed E-state index contributed by atoms with van der Waals surface area (Å²) in [5.74, 6) is 2.61. The highest BCUT2D eigenvalue weighted by atomic mass is 15.3. The lowest BCUT2D eigenvalue weighted by Gasteiger charge is -2.13. The molecule has 0 aliphatic rings. The fourth-order valence-corrected chi connectivity index (χ4v) is 5.67. The van der Waals surface area contributed by atoms with Crippen LogP contribution in [0.4, 0.5) is 0 Å². The molecular formula is C34H20N10. The van der Waals surface area contributed by atoms with Crippen LogP contribution in [-0.4, -0.2) is 49.1 Å². The number of benzene rings is 3. The van der Waals surface area contributed by atoms with Crippen LogP contribution in [0.1, 0.15) is 0 Å². The van der Waals surface area contributed by atoms with Crippen LogP contribution in [0.25, 0.3) is 78.9 Å². The number of rotatable bonds is 4. The molecule has 0 amide bonds. The van der Waals surface area contributed by atoms with E-state index in [4.69, 9.17) is 9.97 Å². The predicted molar refractivity (Wildman–Crippen MR) is 167 cm³/mol. The van der Waals surface area contributed by atoms with Crippen molar-refractivity contribution in [2.24, 2.45) is 0 Å². The first-order chi connectivity index (χ1) is 21.8. The van der Waals surface area contributed by atoms with Crippen LogP contribution in [0, 0.1) is 0 Å². The van der Waals surface area contributed by atoms with Crippen LogP contribution < -0.4 is 0 Å². The molecule has 0 atom stereocenters. The Labute approximate surface area is 249 Å². The normalized spacial score (nSPS) is 11.6. The number of nitrogens with zero attached hydrogens (tertiary/aromatic N) is 10. The summed E-state index contributed by atoms with van der Waals surface area (Å²) < 4.78 is 3.95. The summed E-state index contributed by atoms with van der Waals surface area (Å²) in [5.41, 5.74) is 6.20. The monoisotopic (exact) mass is 568 g/mol. The van der Waals surface area contributed by atoms with Crippen LogP contribution in [0.3, 0.4) is 0 Å².